The highest BCUT2D eigenvalue weighted by Gasteiger charge is 2.58. The molecule has 0 amide bonds. The molecular formula is C16H17NO7. The lowest BCUT2D eigenvalue weighted by Gasteiger charge is -2.44. The number of para-hydroxylation sites is 1. The molecule has 5 atom stereocenters. The lowest BCUT2D eigenvalue weighted by atomic mass is 9.89. The first-order valence-electron chi connectivity index (χ1n) is 7.61. The van der Waals surface area contributed by atoms with Crippen molar-refractivity contribution in [3.8, 4) is 0 Å². The van der Waals surface area contributed by atoms with Crippen LogP contribution in [-0.4, -0.2) is 62.9 Å². The van der Waals surface area contributed by atoms with Crippen LogP contribution in [-0.2, 0) is 9.57 Å². The summed E-state index contributed by atoms with van der Waals surface area (Å²) < 4.78 is 11.2. The van der Waals surface area contributed by atoms with Crippen LogP contribution in [0.15, 0.2) is 39.9 Å². The predicted molar refractivity (Wildman–Crippen MR) is 81.2 cm³/mol. The van der Waals surface area contributed by atoms with Crippen LogP contribution in [0.3, 0.4) is 0 Å². The van der Waals surface area contributed by atoms with E-state index in [1.807, 2.05) is 24.3 Å². The molecule has 2 aliphatic heterocycles. The maximum Gasteiger partial charge on any atom is 0.271 e. The molecule has 1 aromatic heterocycles. The Labute approximate surface area is 136 Å². The standard InChI is InChI=1S/C16H17NO7/c18-7-12-13(19)14(20)15(21)16(23-12)6-9(17-24-16)11-5-8-3-1-2-4-10(8)22-11/h1-5,12-15,18-21H,6-7H2/t12-,13-,14+,15-,16-/m1/s1. The van der Waals surface area contributed by atoms with Gasteiger partial charge in [-0.25, -0.2) is 0 Å². The summed E-state index contributed by atoms with van der Waals surface area (Å²) in [7, 11) is 0. The SMILES string of the molecule is OC[C@H]1O[C@@]2(CC(c3cc4ccccc4o3)=NO2)[C@H](O)[C@@H](O)[C@@H]1O. The number of hydrogen-bond donors (Lipinski definition) is 4. The second kappa shape index (κ2) is 5.54. The minimum Gasteiger partial charge on any atom is -0.455 e. The molecule has 4 rings (SSSR count). The van der Waals surface area contributed by atoms with Gasteiger partial charge < -0.3 is 34.4 Å². The van der Waals surface area contributed by atoms with E-state index in [-0.39, 0.29) is 6.42 Å². The van der Waals surface area contributed by atoms with Crippen molar-refractivity contribution >= 4 is 16.7 Å². The zero-order valence-electron chi connectivity index (χ0n) is 12.6. The van der Waals surface area contributed by atoms with Gasteiger partial charge in [-0.15, -0.1) is 0 Å². The molecule has 1 fully saturated rings. The number of benzene rings is 1. The van der Waals surface area contributed by atoms with Crippen molar-refractivity contribution in [3.05, 3.63) is 36.1 Å². The Balaban J connectivity index is 1.62. The van der Waals surface area contributed by atoms with E-state index in [1.165, 1.54) is 0 Å². The highest BCUT2D eigenvalue weighted by Crippen LogP contribution is 2.39. The third-order valence-corrected chi connectivity index (χ3v) is 4.47. The van der Waals surface area contributed by atoms with Crippen molar-refractivity contribution in [2.75, 3.05) is 6.61 Å². The summed E-state index contributed by atoms with van der Waals surface area (Å²) in [5.74, 6) is -1.20. The Bertz CT molecular complexity index is 753. The van der Waals surface area contributed by atoms with Gasteiger partial charge in [0.25, 0.3) is 5.79 Å². The number of aliphatic hydroxyl groups is 4. The van der Waals surface area contributed by atoms with Gasteiger partial charge in [-0.3, -0.25) is 0 Å². The number of furan rings is 1. The molecular weight excluding hydrogens is 318 g/mol. The largest absolute Gasteiger partial charge is 0.455 e. The first-order valence-corrected chi connectivity index (χ1v) is 7.61. The second-order valence-electron chi connectivity index (χ2n) is 6.03. The van der Waals surface area contributed by atoms with Crippen LogP contribution in [0, 0.1) is 0 Å². The van der Waals surface area contributed by atoms with E-state index in [4.69, 9.17) is 14.0 Å². The summed E-state index contributed by atoms with van der Waals surface area (Å²) in [6.07, 6.45) is -5.56. The summed E-state index contributed by atoms with van der Waals surface area (Å²) in [4.78, 5) is 5.28. The van der Waals surface area contributed by atoms with Crippen molar-refractivity contribution < 1.29 is 34.4 Å². The normalized spacial score (nSPS) is 36.1. The van der Waals surface area contributed by atoms with Crippen LogP contribution in [0.25, 0.3) is 11.0 Å². The summed E-state index contributed by atoms with van der Waals surface area (Å²) in [6.45, 7) is -0.532. The first kappa shape index (κ1) is 15.6. The molecule has 24 heavy (non-hydrogen) atoms. The Morgan fingerprint density at radius 1 is 1.17 bits per heavy atom. The molecule has 0 aliphatic carbocycles. The fourth-order valence-corrected chi connectivity index (χ4v) is 3.12. The Morgan fingerprint density at radius 2 is 1.96 bits per heavy atom. The van der Waals surface area contributed by atoms with Crippen LogP contribution in [0.2, 0.25) is 0 Å². The maximum absolute atomic E-state index is 10.3. The van der Waals surface area contributed by atoms with Gasteiger partial charge in [-0.1, -0.05) is 23.4 Å². The molecule has 8 nitrogen and oxygen atoms in total. The van der Waals surface area contributed by atoms with Crippen LogP contribution >= 0.6 is 0 Å². The van der Waals surface area contributed by atoms with Gasteiger partial charge in [0.05, 0.1) is 13.0 Å². The summed E-state index contributed by atoms with van der Waals surface area (Å²) in [5.41, 5.74) is 1.09. The minimum absolute atomic E-state index is 0.00820. The number of rotatable bonds is 2. The molecule has 0 unspecified atom stereocenters. The summed E-state index contributed by atoms with van der Waals surface area (Å²) in [6, 6.07) is 9.23. The number of nitrogens with zero attached hydrogens (tertiary/aromatic N) is 1. The molecule has 0 saturated carbocycles. The Hall–Kier alpha value is -1.97. The molecule has 8 heteroatoms. The average Bonchev–Trinajstić information content (AvgIpc) is 3.21. The van der Waals surface area contributed by atoms with Crippen molar-refractivity contribution in [3.63, 3.8) is 0 Å². The van der Waals surface area contributed by atoms with Gasteiger partial charge in [0.2, 0.25) is 0 Å². The van der Waals surface area contributed by atoms with Gasteiger partial charge >= 0.3 is 0 Å². The smallest absolute Gasteiger partial charge is 0.271 e. The predicted octanol–water partition coefficient (Wildman–Crippen LogP) is -0.273. The fourth-order valence-electron chi connectivity index (χ4n) is 3.12. The van der Waals surface area contributed by atoms with Crippen LogP contribution in [0.1, 0.15) is 12.2 Å². The molecule has 128 valence electrons. The zero-order valence-corrected chi connectivity index (χ0v) is 12.6. The monoisotopic (exact) mass is 335 g/mol. The maximum atomic E-state index is 10.3. The Morgan fingerprint density at radius 3 is 2.71 bits per heavy atom. The van der Waals surface area contributed by atoms with Crippen molar-refractivity contribution in [1.29, 1.82) is 0 Å². The molecule has 2 aliphatic rings. The second-order valence-corrected chi connectivity index (χ2v) is 6.03. The third-order valence-electron chi connectivity index (χ3n) is 4.47. The topological polar surface area (TPSA) is 125 Å². The van der Waals surface area contributed by atoms with Gasteiger partial charge in [0, 0.05) is 5.39 Å². The lowest BCUT2D eigenvalue weighted by molar-refractivity contribution is -0.355. The van der Waals surface area contributed by atoms with Gasteiger partial charge in [-0.2, -0.15) is 0 Å². The molecule has 2 aromatic rings. The molecule has 0 bridgehead atoms. The van der Waals surface area contributed by atoms with E-state index in [0.29, 0.717) is 17.1 Å². The Kier molecular flexibility index (Phi) is 3.59. The van der Waals surface area contributed by atoms with Crippen molar-refractivity contribution in [2.45, 2.75) is 36.6 Å². The van der Waals surface area contributed by atoms with Crippen LogP contribution < -0.4 is 0 Å². The van der Waals surface area contributed by atoms with Gasteiger partial charge in [0.1, 0.15) is 29.6 Å². The van der Waals surface area contributed by atoms with Gasteiger partial charge in [0.15, 0.2) is 11.9 Å². The van der Waals surface area contributed by atoms with E-state index >= 15 is 0 Å². The number of ether oxygens (including phenoxy) is 1. The van der Waals surface area contributed by atoms with E-state index < -0.39 is 36.8 Å². The third kappa shape index (κ3) is 2.23. The average molecular weight is 335 g/mol. The summed E-state index contributed by atoms with van der Waals surface area (Å²) >= 11 is 0. The lowest BCUT2D eigenvalue weighted by Crippen LogP contribution is -2.65. The van der Waals surface area contributed by atoms with Crippen LogP contribution in [0.5, 0.6) is 0 Å². The highest BCUT2D eigenvalue weighted by atomic mass is 16.8. The highest BCUT2D eigenvalue weighted by molar-refractivity contribution is 6.02. The molecule has 0 radical (unpaired) electrons. The number of oxime groups is 1. The molecule has 4 N–H and O–H groups in total. The van der Waals surface area contributed by atoms with E-state index in [0.717, 1.165) is 5.39 Å². The van der Waals surface area contributed by atoms with Crippen molar-refractivity contribution in [2.24, 2.45) is 5.16 Å². The first-order chi connectivity index (χ1) is 11.5. The molecule has 3 heterocycles. The van der Waals surface area contributed by atoms with Crippen LogP contribution in [0.4, 0.5) is 0 Å². The molecule has 1 spiro atoms. The van der Waals surface area contributed by atoms with E-state index in [2.05, 4.69) is 5.16 Å². The van der Waals surface area contributed by atoms with E-state index in [1.54, 1.807) is 6.07 Å². The van der Waals surface area contributed by atoms with Gasteiger partial charge in [-0.05, 0) is 12.1 Å². The van der Waals surface area contributed by atoms with Crippen molar-refractivity contribution in [1.82, 2.24) is 0 Å². The molecule has 1 aromatic carbocycles. The van der Waals surface area contributed by atoms with E-state index in [9.17, 15) is 20.4 Å². The zero-order chi connectivity index (χ0) is 16.9. The number of fused-ring (bicyclic) bond motifs is 1. The number of aliphatic hydroxyl groups excluding tert-OH is 4. The molecule has 1 saturated heterocycles. The fraction of sp³-hybridized carbons (Fsp3) is 0.438. The quantitative estimate of drug-likeness (QED) is 0.595. The summed E-state index contributed by atoms with van der Waals surface area (Å²) in [5, 5.41) is 44.2. The number of hydrogen-bond acceptors (Lipinski definition) is 8. The minimum atomic E-state index is -1.67.